The Morgan fingerprint density at radius 1 is 1.16 bits per heavy atom. The number of thiazole rings is 1. The SMILES string of the molecule is CNS(=O)(=O)c1cc(-c2sc(Nc3cccc(N4CCN(C(=O)O)C4=O)n3)nc2C)cc2c1C(=O)N([C@@H](C)C(F)(F)F)C2. The van der Waals surface area contributed by atoms with Gasteiger partial charge in [0, 0.05) is 13.1 Å². The Labute approximate surface area is 247 Å². The molecule has 0 spiro atoms. The van der Waals surface area contributed by atoms with Crippen LogP contribution in [0.4, 0.5) is 39.5 Å². The van der Waals surface area contributed by atoms with E-state index in [9.17, 15) is 36.0 Å². The van der Waals surface area contributed by atoms with Crippen molar-refractivity contribution in [1.29, 1.82) is 0 Å². The highest BCUT2D eigenvalue weighted by atomic mass is 32.2. The van der Waals surface area contributed by atoms with Crippen molar-refractivity contribution in [3.05, 3.63) is 47.2 Å². The van der Waals surface area contributed by atoms with Gasteiger partial charge in [-0.15, -0.1) is 0 Å². The minimum Gasteiger partial charge on any atom is -0.465 e. The lowest BCUT2D eigenvalue weighted by molar-refractivity contribution is -0.172. The first-order valence-electron chi connectivity index (χ1n) is 12.6. The summed E-state index contributed by atoms with van der Waals surface area (Å²) in [6.07, 6.45) is -6.07. The van der Waals surface area contributed by atoms with Gasteiger partial charge in [-0.3, -0.25) is 9.69 Å². The standard InChI is InChI=1S/C25H24F3N7O6S2/c1-12-20(42-22(30-12)32-17-5-4-6-18(31-17)33-7-8-34(23(33)37)24(38)39)14-9-15-11-35(13(2)25(26,27)28)21(36)19(15)16(10-14)43(40,41)29-3/h4-6,9-10,13,29H,7-8,11H2,1-3H3,(H,38,39)(H,30,31,32)/t13-/m0/s1. The molecule has 5 rings (SSSR count). The van der Waals surface area contributed by atoms with Gasteiger partial charge in [0.05, 0.1) is 27.6 Å². The van der Waals surface area contributed by atoms with Crippen LogP contribution in [0.1, 0.15) is 28.5 Å². The van der Waals surface area contributed by atoms with Gasteiger partial charge in [-0.05, 0) is 56.3 Å². The van der Waals surface area contributed by atoms with Crippen molar-refractivity contribution in [1.82, 2.24) is 24.5 Å². The average Bonchev–Trinajstić information content (AvgIpc) is 3.61. The summed E-state index contributed by atoms with van der Waals surface area (Å²) in [5, 5.41) is 12.5. The number of imide groups is 1. The van der Waals surface area contributed by atoms with E-state index in [1.807, 2.05) is 0 Å². The van der Waals surface area contributed by atoms with E-state index in [-0.39, 0.29) is 35.9 Å². The Balaban J connectivity index is 1.47. The normalized spacial score (nSPS) is 16.2. The molecule has 13 nitrogen and oxygen atoms in total. The summed E-state index contributed by atoms with van der Waals surface area (Å²) in [5.41, 5.74) is 0.625. The number of nitrogens with zero attached hydrogens (tertiary/aromatic N) is 5. The number of aryl methyl sites for hydroxylation is 1. The fourth-order valence-electron chi connectivity index (χ4n) is 4.78. The zero-order chi connectivity index (χ0) is 31.4. The summed E-state index contributed by atoms with van der Waals surface area (Å²) < 4.78 is 68.4. The molecule has 3 N–H and O–H groups in total. The molecule has 4 heterocycles. The van der Waals surface area contributed by atoms with Gasteiger partial charge < -0.3 is 15.3 Å². The van der Waals surface area contributed by atoms with E-state index in [1.54, 1.807) is 25.1 Å². The molecule has 4 amide bonds. The van der Waals surface area contributed by atoms with Gasteiger partial charge in [0.1, 0.15) is 17.7 Å². The van der Waals surface area contributed by atoms with Crippen LogP contribution in [0.5, 0.6) is 0 Å². The molecule has 1 fully saturated rings. The highest BCUT2D eigenvalue weighted by Crippen LogP contribution is 2.41. The molecular weight excluding hydrogens is 615 g/mol. The molecule has 3 aromatic rings. The third-order valence-electron chi connectivity index (χ3n) is 7.04. The van der Waals surface area contributed by atoms with Crippen LogP contribution in [0.15, 0.2) is 35.2 Å². The first-order chi connectivity index (χ1) is 20.1. The third-order valence-corrected chi connectivity index (χ3v) is 9.60. The number of anilines is 3. The first kappa shape index (κ1) is 30.2. The predicted molar refractivity (Wildman–Crippen MR) is 149 cm³/mol. The van der Waals surface area contributed by atoms with Crippen LogP contribution >= 0.6 is 11.3 Å². The molecule has 0 unspecified atom stereocenters. The lowest BCUT2D eigenvalue weighted by Gasteiger charge is -2.26. The van der Waals surface area contributed by atoms with E-state index < -0.39 is 51.7 Å². The van der Waals surface area contributed by atoms with Gasteiger partial charge in [0.25, 0.3) is 5.91 Å². The number of carbonyl (C=O) groups excluding carboxylic acids is 2. The van der Waals surface area contributed by atoms with Crippen LogP contribution in [-0.4, -0.2) is 83.7 Å². The number of carboxylic acid groups (broad SMARTS) is 1. The topological polar surface area (TPSA) is 165 Å². The fourth-order valence-corrected chi connectivity index (χ4v) is 6.73. The Morgan fingerprint density at radius 2 is 1.88 bits per heavy atom. The summed E-state index contributed by atoms with van der Waals surface area (Å²) in [5.74, 6) is -0.526. The number of aromatic nitrogens is 2. The van der Waals surface area contributed by atoms with Crippen molar-refractivity contribution in [3.8, 4) is 10.4 Å². The lowest BCUT2D eigenvalue weighted by atomic mass is 10.0. The number of alkyl halides is 3. The number of hydrogen-bond acceptors (Lipinski definition) is 9. The van der Waals surface area contributed by atoms with E-state index in [1.165, 1.54) is 17.0 Å². The van der Waals surface area contributed by atoms with Crippen LogP contribution in [0, 0.1) is 6.92 Å². The van der Waals surface area contributed by atoms with E-state index in [0.717, 1.165) is 25.3 Å². The van der Waals surface area contributed by atoms with Crippen molar-refractivity contribution in [3.63, 3.8) is 0 Å². The Kier molecular flexibility index (Phi) is 7.55. The number of urea groups is 1. The van der Waals surface area contributed by atoms with Crippen molar-refractivity contribution in [2.75, 3.05) is 30.4 Å². The van der Waals surface area contributed by atoms with Gasteiger partial charge >= 0.3 is 18.3 Å². The number of pyridine rings is 1. The van der Waals surface area contributed by atoms with Crippen LogP contribution in [0.3, 0.4) is 0 Å². The molecule has 1 saturated heterocycles. The molecule has 2 aliphatic rings. The van der Waals surface area contributed by atoms with E-state index in [4.69, 9.17) is 5.11 Å². The second-order valence-corrected chi connectivity index (χ2v) is 12.5. The number of halogens is 3. The molecule has 18 heteroatoms. The van der Waals surface area contributed by atoms with Gasteiger partial charge in [-0.25, -0.2) is 37.6 Å². The maximum atomic E-state index is 13.5. The number of fused-ring (bicyclic) bond motifs is 1. The van der Waals surface area contributed by atoms with Crippen LogP contribution < -0.4 is 14.9 Å². The second-order valence-electron chi connectivity index (χ2n) is 9.67. The molecular formula is C25H24F3N7O6S2. The molecule has 1 aromatic carbocycles. The molecule has 2 aliphatic heterocycles. The van der Waals surface area contributed by atoms with Gasteiger partial charge in [-0.1, -0.05) is 17.4 Å². The molecule has 2 aromatic heterocycles. The van der Waals surface area contributed by atoms with Crippen molar-refractivity contribution < 1.29 is 41.1 Å². The minimum atomic E-state index is -4.71. The van der Waals surface area contributed by atoms with Crippen LogP contribution in [-0.2, 0) is 16.6 Å². The Hall–Kier alpha value is -4.29. The number of benzene rings is 1. The maximum Gasteiger partial charge on any atom is 0.415 e. The van der Waals surface area contributed by atoms with Gasteiger partial charge in [0.15, 0.2) is 5.13 Å². The Bertz CT molecular complexity index is 1760. The number of sulfonamides is 1. The summed E-state index contributed by atoms with van der Waals surface area (Å²) in [7, 11) is -3.11. The van der Waals surface area contributed by atoms with Crippen molar-refractivity contribution in [2.24, 2.45) is 0 Å². The van der Waals surface area contributed by atoms with Gasteiger partial charge in [-0.2, -0.15) is 13.2 Å². The number of nitrogens with one attached hydrogen (secondary N) is 2. The Morgan fingerprint density at radius 3 is 2.51 bits per heavy atom. The predicted octanol–water partition coefficient (Wildman–Crippen LogP) is 3.99. The highest BCUT2D eigenvalue weighted by Gasteiger charge is 2.46. The molecule has 1 atom stereocenters. The number of hydrogen-bond donors (Lipinski definition) is 3. The monoisotopic (exact) mass is 639 g/mol. The summed E-state index contributed by atoms with van der Waals surface area (Å²) >= 11 is 1.11. The van der Waals surface area contributed by atoms with E-state index in [2.05, 4.69) is 20.0 Å². The third kappa shape index (κ3) is 5.48. The van der Waals surface area contributed by atoms with E-state index >= 15 is 0 Å². The number of amides is 4. The molecule has 228 valence electrons. The van der Waals surface area contributed by atoms with Crippen LogP contribution in [0.25, 0.3) is 10.4 Å². The summed E-state index contributed by atoms with van der Waals surface area (Å²) in [6, 6.07) is 4.63. The number of carbonyl (C=O) groups is 3. The highest BCUT2D eigenvalue weighted by molar-refractivity contribution is 7.89. The van der Waals surface area contributed by atoms with Gasteiger partial charge in [0.2, 0.25) is 10.0 Å². The zero-order valence-corrected chi connectivity index (χ0v) is 24.4. The summed E-state index contributed by atoms with van der Waals surface area (Å²) in [4.78, 5) is 48.1. The molecule has 43 heavy (non-hydrogen) atoms. The smallest absolute Gasteiger partial charge is 0.415 e. The van der Waals surface area contributed by atoms with Crippen LogP contribution in [0.2, 0.25) is 0 Å². The minimum absolute atomic E-state index is 0.00689. The second kappa shape index (κ2) is 10.8. The fraction of sp³-hybridized carbons (Fsp3) is 0.320. The zero-order valence-electron chi connectivity index (χ0n) is 22.8. The molecule has 0 saturated carbocycles. The molecule has 0 radical (unpaired) electrons. The largest absolute Gasteiger partial charge is 0.465 e. The number of rotatable bonds is 7. The maximum absolute atomic E-state index is 13.5. The first-order valence-corrected chi connectivity index (χ1v) is 14.9. The lowest BCUT2D eigenvalue weighted by Crippen LogP contribution is -2.43. The molecule has 0 aliphatic carbocycles. The van der Waals surface area contributed by atoms with Crippen molar-refractivity contribution >= 4 is 56.2 Å². The summed E-state index contributed by atoms with van der Waals surface area (Å²) in [6.45, 7) is 2.19. The quantitative estimate of drug-likeness (QED) is 0.347. The molecule has 0 bridgehead atoms. The van der Waals surface area contributed by atoms with Crippen molar-refractivity contribution in [2.45, 2.75) is 37.5 Å². The average molecular weight is 640 g/mol. The van der Waals surface area contributed by atoms with E-state index in [0.29, 0.717) is 31.1 Å².